The average molecular weight is 457 g/mol. The Morgan fingerprint density at radius 3 is 2.09 bits per heavy atom. The molecule has 1 aromatic heterocycles. The van der Waals surface area contributed by atoms with E-state index in [1.165, 1.54) is 69.8 Å². The van der Waals surface area contributed by atoms with Crippen molar-refractivity contribution in [3.8, 4) is 17.1 Å². The number of aryl methyl sites for hydroxylation is 1. The molecule has 1 aromatic carbocycles. The molecule has 0 bridgehead atoms. The van der Waals surface area contributed by atoms with Gasteiger partial charge in [0.25, 0.3) is 0 Å². The van der Waals surface area contributed by atoms with Gasteiger partial charge in [0.2, 0.25) is 0 Å². The standard InChI is InChI=1S/C29H45FN2O/c1-4-6-8-9-10-11-12-14-25-16-18-26(19-17-25)29-31-21-28(22-32-29)33-23-27(30)20-15-24(3)13-7-5-2/h16-19,21-22,24,27H,4-15,20,23H2,1-3H3. The summed E-state index contributed by atoms with van der Waals surface area (Å²) in [4.78, 5) is 8.83. The van der Waals surface area contributed by atoms with Gasteiger partial charge in [-0.2, -0.15) is 0 Å². The zero-order valence-electron chi connectivity index (χ0n) is 21.2. The molecule has 2 aromatic rings. The Kier molecular flexibility index (Phi) is 13.7. The minimum atomic E-state index is -0.947. The second-order valence-electron chi connectivity index (χ2n) is 9.54. The molecular formula is C29H45FN2O. The van der Waals surface area contributed by atoms with Gasteiger partial charge in [0.15, 0.2) is 11.6 Å². The monoisotopic (exact) mass is 456 g/mol. The van der Waals surface area contributed by atoms with E-state index in [-0.39, 0.29) is 6.61 Å². The first-order chi connectivity index (χ1) is 16.1. The minimum absolute atomic E-state index is 0.0660. The Morgan fingerprint density at radius 2 is 1.42 bits per heavy atom. The molecule has 0 aliphatic heterocycles. The molecule has 2 atom stereocenters. The van der Waals surface area contributed by atoms with Gasteiger partial charge in [-0.25, -0.2) is 14.4 Å². The average Bonchev–Trinajstić information content (AvgIpc) is 2.85. The van der Waals surface area contributed by atoms with Gasteiger partial charge in [0.05, 0.1) is 12.4 Å². The third-order valence-electron chi connectivity index (χ3n) is 6.36. The maximum atomic E-state index is 14.2. The van der Waals surface area contributed by atoms with E-state index in [0.717, 1.165) is 18.4 Å². The lowest BCUT2D eigenvalue weighted by Gasteiger charge is -2.14. The fraction of sp³-hybridized carbons (Fsp3) is 0.655. The van der Waals surface area contributed by atoms with Gasteiger partial charge in [-0.1, -0.05) is 103 Å². The number of ether oxygens (including phenoxy) is 1. The van der Waals surface area contributed by atoms with Crippen LogP contribution >= 0.6 is 0 Å². The zero-order chi connectivity index (χ0) is 23.7. The lowest BCUT2D eigenvalue weighted by molar-refractivity contribution is 0.177. The van der Waals surface area contributed by atoms with Gasteiger partial charge in [0, 0.05) is 5.56 Å². The summed E-state index contributed by atoms with van der Waals surface area (Å²) in [7, 11) is 0. The topological polar surface area (TPSA) is 35.0 Å². The normalized spacial score (nSPS) is 13.1. The maximum absolute atomic E-state index is 14.2. The number of halogens is 1. The van der Waals surface area contributed by atoms with Gasteiger partial charge in [0.1, 0.15) is 12.8 Å². The van der Waals surface area contributed by atoms with Crippen molar-refractivity contribution in [3.63, 3.8) is 0 Å². The quantitative estimate of drug-likeness (QED) is 0.210. The van der Waals surface area contributed by atoms with Crippen LogP contribution in [0.15, 0.2) is 36.7 Å². The number of hydrogen-bond acceptors (Lipinski definition) is 3. The summed E-state index contributed by atoms with van der Waals surface area (Å²) < 4.78 is 19.7. The largest absolute Gasteiger partial charge is 0.487 e. The van der Waals surface area contributed by atoms with Crippen LogP contribution in [0.5, 0.6) is 5.75 Å². The van der Waals surface area contributed by atoms with Gasteiger partial charge in [-0.05, 0) is 37.2 Å². The van der Waals surface area contributed by atoms with Crippen molar-refractivity contribution in [1.82, 2.24) is 9.97 Å². The van der Waals surface area contributed by atoms with Crippen LogP contribution in [0, 0.1) is 5.92 Å². The van der Waals surface area contributed by atoms with Crippen molar-refractivity contribution in [3.05, 3.63) is 42.2 Å². The van der Waals surface area contributed by atoms with E-state index in [9.17, 15) is 4.39 Å². The minimum Gasteiger partial charge on any atom is -0.487 e. The molecule has 0 spiro atoms. The summed E-state index contributed by atoms with van der Waals surface area (Å²) in [5.41, 5.74) is 2.36. The van der Waals surface area contributed by atoms with E-state index in [1.807, 2.05) is 0 Å². The van der Waals surface area contributed by atoms with Gasteiger partial charge < -0.3 is 4.74 Å². The SMILES string of the molecule is CCCCCCCCCc1ccc(-c2ncc(OCC(F)CCC(C)CCCC)cn2)cc1. The molecule has 0 saturated heterocycles. The summed E-state index contributed by atoms with van der Waals surface area (Å²) in [6.07, 6.45) is 17.9. The van der Waals surface area contributed by atoms with Gasteiger partial charge >= 0.3 is 0 Å². The summed E-state index contributed by atoms with van der Waals surface area (Å²) in [6.45, 7) is 6.73. The highest BCUT2D eigenvalue weighted by Crippen LogP contribution is 2.20. The molecule has 0 radical (unpaired) electrons. The van der Waals surface area contributed by atoms with Crippen molar-refractivity contribution in [2.75, 3.05) is 6.61 Å². The smallest absolute Gasteiger partial charge is 0.159 e. The third-order valence-corrected chi connectivity index (χ3v) is 6.36. The summed E-state index contributed by atoms with van der Waals surface area (Å²) in [5, 5.41) is 0. The van der Waals surface area contributed by atoms with Crippen LogP contribution in [0.3, 0.4) is 0 Å². The Labute approximate surface area is 201 Å². The Hall–Kier alpha value is -1.97. The van der Waals surface area contributed by atoms with Crippen LogP contribution in [0.4, 0.5) is 4.39 Å². The number of hydrogen-bond donors (Lipinski definition) is 0. The molecule has 0 fully saturated rings. The van der Waals surface area contributed by atoms with E-state index in [4.69, 9.17) is 4.74 Å². The first kappa shape index (κ1) is 27.3. The molecule has 3 nitrogen and oxygen atoms in total. The van der Waals surface area contributed by atoms with Gasteiger partial charge in [-0.3, -0.25) is 0 Å². The fourth-order valence-corrected chi connectivity index (χ4v) is 4.08. The van der Waals surface area contributed by atoms with Gasteiger partial charge in [-0.15, -0.1) is 0 Å². The lowest BCUT2D eigenvalue weighted by atomic mass is 9.98. The van der Waals surface area contributed by atoms with Crippen LogP contribution in [0.1, 0.15) is 103 Å². The first-order valence-electron chi connectivity index (χ1n) is 13.3. The van der Waals surface area contributed by atoms with Crippen LogP contribution in [-0.4, -0.2) is 22.7 Å². The Balaban J connectivity index is 1.69. The predicted molar refractivity (Wildman–Crippen MR) is 137 cm³/mol. The van der Waals surface area contributed by atoms with Crippen molar-refractivity contribution >= 4 is 0 Å². The number of aromatic nitrogens is 2. The Bertz CT molecular complexity index is 732. The molecule has 33 heavy (non-hydrogen) atoms. The Morgan fingerprint density at radius 1 is 0.788 bits per heavy atom. The van der Waals surface area contributed by atoms with E-state index < -0.39 is 6.17 Å². The molecule has 0 aliphatic rings. The molecule has 2 unspecified atom stereocenters. The van der Waals surface area contributed by atoms with Crippen molar-refractivity contribution < 1.29 is 9.13 Å². The molecule has 0 N–H and O–H groups in total. The van der Waals surface area contributed by atoms with Crippen molar-refractivity contribution in [2.24, 2.45) is 5.92 Å². The van der Waals surface area contributed by atoms with Crippen LogP contribution in [0.2, 0.25) is 0 Å². The fourth-order valence-electron chi connectivity index (χ4n) is 4.08. The second kappa shape index (κ2) is 16.6. The third kappa shape index (κ3) is 11.6. The number of nitrogens with zero attached hydrogens (tertiary/aromatic N) is 2. The second-order valence-corrected chi connectivity index (χ2v) is 9.54. The first-order valence-corrected chi connectivity index (χ1v) is 13.3. The molecule has 1 heterocycles. The highest BCUT2D eigenvalue weighted by molar-refractivity contribution is 5.55. The van der Waals surface area contributed by atoms with E-state index >= 15 is 0 Å². The van der Waals surface area contributed by atoms with Crippen LogP contribution < -0.4 is 4.74 Å². The summed E-state index contributed by atoms with van der Waals surface area (Å²) in [5.74, 6) is 1.77. The van der Waals surface area contributed by atoms with Crippen molar-refractivity contribution in [2.45, 2.75) is 110 Å². The molecule has 184 valence electrons. The van der Waals surface area contributed by atoms with E-state index in [0.29, 0.717) is 23.9 Å². The number of benzene rings is 1. The number of unbranched alkanes of at least 4 members (excludes halogenated alkanes) is 7. The summed E-state index contributed by atoms with van der Waals surface area (Å²) >= 11 is 0. The van der Waals surface area contributed by atoms with E-state index in [1.54, 1.807) is 12.4 Å². The highest BCUT2D eigenvalue weighted by atomic mass is 19.1. The number of rotatable bonds is 18. The van der Waals surface area contributed by atoms with E-state index in [2.05, 4.69) is 55.0 Å². The lowest BCUT2D eigenvalue weighted by Crippen LogP contribution is -2.14. The molecule has 0 amide bonds. The number of alkyl halides is 1. The molecule has 2 rings (SSSR count). The van der Waals surface area contributed by atoms with Crippen LogP contribution in [0.25, 0.3) is 11.4 Å². The molecular weight excluding hydrogens is 411 g/mol. The predicted octanol–water partition coefficient (Wildman–Crippen LogP) is 8.76. The molecule has 0 aliphatic carbocycles. The zero-order valence-corrected chi connectivity index (χ0v) is 21.2. The summed E-state index contributed by atoms with van der Waals surface area (Å²) in [6, 6.07) is 8.53. The highest BCUT2D eigenvalue weighted by Gasteiger charge is 2.11. The molecule has 4 heteroatoms. The van der Waals surface area contributed by atoms with Crippen molar-refractivity contribution in [1.29, 1.82) is 0 Å². The maximum Gasteiger partial charge on any atom is 0.159 e. The van der Waals surface area contributed by atoms with Crippen LogP contribution in [-0.2, 0) is 6.42 Å². The molecule has 0 saturated carbocycles.